The Hall–Kier alpha value is -0.0900. The minimum absolute atomic E-state index is 0.359. The number of hydrogen-bond donors (Lipinski definition) is 1. The molecule has 0 aromatic heterocycles. The molecule has 0 aromatic carbocycles. The van der Waals surface area contributed by atoms with Gasteiger partial charge in [-0.05, 0) is 6.42 Å². The van der Waals surface area contributed by atoms with Crippen molar-refractivity contribution in [1.29, 1.82) is 0 Å². The van der Waals surface area contributed by atoms with Gasteiger partial charge in [0.25, 0.3) is 11.0 Å². The third-order valence-corrected chi connectivity index (χ3v) is 7.09. The van der Waals surface area contributed by atoms with Gasteiger partial charge in [-0.2, -0.15) is 0 Å². The van der Waals surface area contributed by atoms with Crippen molar-refractivity contribution >= 4 is 11.0 Å². The summed E-state index contributed by atoms with van der Waals surface area (Å²) in [5.41, 5.74) is 0. The van der Waals surface area contributed by atoms with Crippen LogP contribution in [0.1, 0.15) is 174 Å². The van der Waals surface area contributed by atoms with Crippen molar-refractivity contribution in [1.82, 2.24) is 0 Å². The van der Waals surface area contributed by atoms with Gasteiger partial charge in [0.05, 0.1) is 6.61 Å². The third-order valence-electron chi connectivity index (χ3n) is 6.69. The van der Waals surface area contributed by atoms with Crippen molar-refractivity contribution in [2.24, 2.45) is 0 Å². The quantitative estimate of drug-likeness (QED) is 0.0906. The third kappa shape index (κ3) is 29.9. The fraction of sp³-hybridized carbons (Fsp3) is 1.00. The first kappa shape index (κ1) is 31.9. The average Bonchev–Trinajstić information content (AvgIpc) is 2.78. The molecule has 0 bridgehead atoms. The van der Waals surface area contributed by atoms with E-state index in [1.54, 1.807) is 0 Å². The van der Waals surface area contributed by atoms with Gasteiger partial charge in [-0.1, -0.05) is 167 Å². The second-order valence-corrected chi connectivity index (χ2v) is 10.6. The first-order valence-corrected chi connectivity index (χ1v) is 15.6. The van der Waals surface area contributed by atoms with Gasteiger partial charge in [0.1, 0.15) is 0 Å². The summed E-state index contributed by atoms with van der Waals surface area (Å²) in [4.78, 5) is 0. The Kier molecular flexibility index (Phi) is 28.9. The Morgan fingerprint density at radius 3 is 0.812 bits per heavy atom. The van der Waals surface area contributed by atoms with Crippen LogP contribution in [0.15, 0.2) is 0 Å². The molecule has 0 saturated heterocycles. The summed E-state index contributed by atoms with van der Waals surface area (Å²) < 4.78 is 25.1. The second kappa shape index (κ2) is 28.9. The molecule has 194 valence electrons. The van der Waals surface area contributed by atoms with Crippen molar-refractivity contribution in [2.45, 2.75) is 174 Å². The zero-order valence-electron chi connectivity index (χ0n) is 21.8. The summed E-state index contributed by atoms with van der Waals surface area (Å²) in [5.74, 6) is 0. The van der Waals surface area contributed by atoms with Gasteiger partial charge in [0, 0.05) is 0 Å². The van der Waals surface area contributed by atoms with Crippen molar-refractivity contribution in [2.75, 3.05) is 6.61 Å². The zero-order chi connectivity index (χ0) is 23.4. The van der Waals surface area contributed by atoms with E-state index in [0.29, 0.717) is 6.61 Å². The van der Waals surface area contributed by atoms with E-state index in [4.69, 9.17) is 0 Å². The molecule has 0 heterocycles. The first-order valence-electron chi connectivity index (χ1n) is 14.5. The highest BCUT2D eigenvalue weighted by Crippen LogP contribution is 2.15. The van der Waals surface area contributed by atoms with Gasteiger partial charge < -0.3 is 0 Å². The Bertz CT molecular complexity index is 401. The zero-order valence-corrected chi connectivity index (χ0v) is 22.7. The minimum Gasteiger partial charge on any atom is -0.272 e. The van der Waals surface area contributed by atoms with Gasteiger partial charge in [-0.25, -0.2) is 8.42 Å². The Balaban J connectivity index is 3.01. The summed E-state index contributed by atoms with van der Waals surface area (Å²) in [6, 6.07) is 0. The molecule has 0 saturated carbocycles. The summed E-state index contributed by atoms with van der Waals surface area (Å²) >= 11 is 0. The highest BCUT2D eigenvalue weighted by atomic mass is 32.2. The standard InChI is InChI=1S/C28H58O3S/c1-2-3-4-5-6-7-8-9-10-11-12-13-14-15-16-17-18-19-20-21-22-23-24-25-26-27-28-31-32(29)30/h32H,2-28H2,1H3. The van der Waals surface area contributed by atoms with Crippen molar-refractivity contribution < 1.29 is 12.6 Å². The Morgan fingerprint density at radius 1 is 0.375 bits per heavy atom. The molecule has 0 N–H and O–H groups in total. The first-order chi connectivity index (χ1) is 15.8. The average molecular weight is 475 g/mol. The predicted octanol–water partition coefficient (Wildman–Crippen LogP) is 9.69. The van der Waals surface area contributed by atoms with Gasteiger partial charge >= 0.3 is 0 Å². The van der Waals surface area contributed by atoms with Crippen molar-refractivity contribution in [3.05, 3.63) is 0 Å². The lowest BCUT2D eigenvalue weighted by molar-refractivity contribution is 0.319. The molecule has 0 aromatic rings. The lowest BCUT2D eigenvalue weighted by Gasteiger charge is -2.04. The highest BCUT2D eigenvalue weighted by molar-refractivity contribution is 7.67. The second-order valence-electron chi connectivity index (χ2n) is 9.90. The van der Waals surface area contributed by atoms with Crippen LogP contribution in [0.2, 0.25) is 0 Å². The van der Waals surface area contributed by atoms with Crippen LogP contribution in [-0.2, 0) is 15.2 Å². The summed E-state index contributed by atoms with van der Waals surface area (Å²) in [7, 11) is -2.65. The van der Waals surface area contributed by atoms with Crippen LogP contribution in [0.5, 0.6) is 0 Å². The maximum Gasteiger partial charge on any atom is 0.257 e. The van der Waals surface area contributed by atoms with Gasteiger partial charge in [0.2, 0.25) is 0 Å². The molecule has 0 unspecified atom stereocenters. The van der Waals surface area contributed by atoms with E-state index in [0.717, 1.165) is 12.8 Å². The molecule has 3 nitrogen and oxygen atoms in total. The molecule has 0 fully saturated rings. The van der Waals surface area contributed by atoms with Gasteiger partial charge in [-0.15, -0.1) is 0 Å². The largest absolute Gasteiger partial charge is 0.272 e. The van der Waals surface area contributed by atoms with Crippen LogP contribution >= 0.6 is 0 Å². The van der Waals surface area contributed by atoms with Gasteiger partial charge in [-0.3, -0.25) is 4.18 Å². The molecule has 0 spiro atoms. The summed E-state index contributed by atoms with van der Waals surface area (Å²) in [6.45, 7) is 2.65. The van der Waals surface area contributed by atoms with Crippen molar-refractivity contribution in [3.63, 3.8) is 0 Å². The van der Waals surface area contributed by atoms with Crippen LogP contribution < -0.4 is 0 Å². The van der Waals surface area contributed by atoms with Crippen LogP contribution in [0.3, 0.4) is 0 Å². The molecular weight excluding hydrogens is 416 g/mol. The molecule has 0 aliphatic rings. The highest BCUT2D eigenvalue weighted by Gasteiger charge is 1.96. The molecule has 0 atom stereocenters. The summed E-state index contributed by atoms with van der Waals surface area (Å²) in [5, 5.41) is 0. The van der Waals surface area contributed by atoms with E-state index >= 15 is 0 Å². The number of thiol groups is 1. The normalized spacial score (nSPS) is 11.6. The van der Waals surface area contributed by atoms with Crippen LogP contribution in [-0.4, -0.2) is 15.0 Å². The molecule has 4 heteroatoms. The SMILES string of the molecule is CCCCCCCCCCCCCCCCCCCCCCCCCCCCO[SH](=O)=O. The smallest absolute Gasteiger partial charge is 0.257 e. The van der Waals surface area contributed by atoms with E-state index in [2.05, 4.69) is 11.1 Å². The Morgan fingerprint density at radius 2 is 0.594 bits per heavy atom. The van der Waals surface area contributed by atoms with E-state index < -0.39 is 11.0 Å². The molecule has 0 rings (SSSR count). The molecule has 0 aliphatic carbocycles. The predicted molar refractivity (Wildman–Crippen MR) is 142 cm³/mol. The minimum atomic E-state index is -2.65. The van der Waals surface area contributed by atoms with E-state index in [1.807, 2.05) is 0 Å². The van der Waals surface area contributed by atoms with E-state index in [9.17, 15) is 8.42 Å². The lowest BCUT2D eigenvalue weighted by atomic mass is 10.0. The molecular formula is C28H58O3S. The van der Waals surface area contributed by atoms with E-state index in [-0.39, 0.29) is 0 Å². The number of rotatable bonds is 28. The topological polar surface area (TPSA) is 43.4 Å². The molecule has 0 amide bonds. The van der Waals surface area contributed by atoms with Gasteiger partial charge in [0.15, 0.2) is 0 Å². The van der Waals surface area contributed by atoms with Crippen LogP contribution in [0, 0.1) is 0 Å². The molecule has 0 aliphatic heterocycles. The number of unbranched alkanes of at least 4 members (excludes halogenated alkanes) is 25. The number of hydrogen-bond acceptors (Lipinski definition) is 3. The molecule has 32 heavy (non-hydrogen) atoms. The Labute approximate surface area is 204 Å². The summed E-state index contributed by atoms with van der Waals surface area (Å²) in [6.07, 6.45) is 36.0. The lowest BCUT2D eigenvalue weighted by Crippen LogP contribution is -1.92. The fourth-order valence-corrected chi connectivity index (χ4v) is 4.84. The maximum absolute atomic E-state index is 10.3. The fourth-order valence-electron chi connectivity index (χ4n) is 4.56. The van der Waals surface area contributed by atoms with Crippen LogP contribution in [0.25, 0.3) is 0 Å². The van der Waals surface area contributed by atoms with Crippen LogP contribution in [0.4, 0.5) is 0 Å². The maximum atomic E-state index is 10.3. The molecule has 0 radical (unpaired) electrons. The monoisotopic (exact) mass is 474 g/mol. The van der Waals surface area contributed by atoms with Crippen molar-refractivity contribution in [3.8, 4) is 0 Å². The van der Waals surface area contributed by atoms with E-state index in [1.165, 1.54) is 154 Å².